The molecule has 0 amide bonds. The van der Waals surface area contributed by atoms with Crippen molar-refractivity contribution >= 4 is 29.1 Å². The molecule has 0 unspecified atom stereocenters. The molecule has 0 atom stereocenters. The van der Waals surface area contributed by atoms with Crippen LogP contribution in [0.2, 0.25) is 0 Å². The number of Topliss-reactive ketones (excluding diaryl/α,β-unsaturated/α-hetero) is 1. The molecule has 0 bridgehead atoms. The monoisotopic (exact) mass is 318 g/mol. The molecule has 0 saturated heterocycles. The highest BCUT2D eigenvalue weighted by Crippen LogP contribution is 2.40. The van der Waals surface area contributed by atoms with Crippen LogP contribution in [0.1, 0.15) is 10.4 Å². The van der Waals surface area contributed by atoms with Crippen LogP contribution in [0.4, 0.5) is 0 Å². The second-order valence-corrected chi connectivity index (χ2v) is 9.05. The standard InChI is InChI=1S/C21H19OP/c1-23(19-13-7-3-8-14-19,20-15-9-4-10-16-20)17-21(22)18-11-5-2-6-12-18/h2-17H,1H3. The minimum atomic E-state index is -1.87. The maximum Gasteiger partial charge on any atom is 0.186 e. The van der Waals surface area contributed by atoms with E-state index < -0.39 is 6.89 Å². The first-order chi connectivity index (χ1) is 11.2. The van der Waals surface area contributed by atoms with E-state index in [0.717, 1.165) is 5.56 Å². The Kier molecular flexibility index (Phi) is 4.60. The first-order valence-electron chi connectivity index (χ1n) is 7.63. The molecule has 3 rings (SSSR count). The van der Waals surface area contributed by atoms with Crippen molar-refractivity contribution in [1.82, 2.24) is 0 Å². The fourth-order valence-electron chi connectivity index (χ4n) is 2.68. The molecule has 0 spiro atoms. The van der Waals surface area contributed by atoms with E-state index >= 15 is 0 Å². The quantitative estimate of drug-likeness (QED) is 0.525. The van der Waals surface area contributed by atoms with Gasteiger partial charge in [0.1, 0.15) is 0 Å². The number of rotatable bonds is 4. The molecule has 0 aliphatic carbocycles. The average molecular weight is 318 g/mol. The molecule has 23 heavy (non-hydrogen) atoms. The molecule has 0 aromatic heterocycles. The Morgan fingerprint density at radius 2 is 1.09 bits per heavy atom. The van der Waals surface area contributed by atoms with E-state index in [4.69, 9.17) is 0 Å². The maximum absolute atomic E-state index is 12.8. The maximum atomic E-state index is 12.8. The summed E-state index contributed by atoms with van der Waals surface area (Å²) in [5, 5.41) is 2.44. The van der Waals surface area contributed by atoms with Crippen LogP contribution in [0.25, 0.3) is 0 Å². The molecule has 0 radical (unpaired) electrons. The van der Waals surface area contributed by atoms with Gasteiger partial charge in [-0.1, -0.05) is 91.0 Å². The topological polar surface area (TPSA) is 17.1 Å². The summed E-state index contributed by atoms with van der Waals surface area (Å²) >= 11 is 0. The number of benzene rings is 3. The highest BCUT2D eigenvalue weighted by molar-refractivity contribution is 7.88. The number of ketones is 1. The second-order valence-electron chi connectivity index (χ2n) is 5.61. The molecule has 0 aliphatic rings. The Hall–Kier alpha value is -2.37. The van der Waals surface area contributed by atoms with Gasteiger partial charge in [-0.05, 0) is 30.0 Å². The predicted molar refractivity (Wildman–Crippen MR) is 102 cm³/mol. The van der Waals surface area contributed by atoms with Gasteiger partial charge in [0.15, 0.2) is 5.78 Å². The summed E-state index contributed by atoms with van der Waals surface area (Å²) < 4.78 is 0. The van der Waals surface area contributed by atoms with Gasteiger partial charge in [0.25, 0.3) is 0 Å². The summed E-state index contributed by atoms with van der Waals surface area (Å²) in [7, 11) is 0. The van der Waals surface area contributed by atoms with Crippen molar-refractivity contribution in [3.63, 3.8) is 0 Å². The summed E-state index contributed by atoms with van der Waals surface area (Å²) in [5.41, 5.74) is 0.741. The van der Waals surface area contributed by atoms with E-state index in [-0.39, 0.29) is 5.78 Å². The number of hydrogen-bond donors (Lipinski definition) is 0. The van der Waals surface area contributed by atoms with Crippen molar-refractivity contribution in [2.45, 2.75) is 0 Å². The third kappa shape index (κ3) is 3.36. The Morgan fingerprint density at radius 1 is 0.696 bits per heavy atom. The zero-order valence-corrected chi connectivity index (χ0v) is 14.0. The van der Waals surface area contributed by atoms with Crippen molar-refractivity contribution in [3.8, 4) is 0 Å². The predicted octanol–water partition coefficient (Wildman–Crippen LogP) is 3.97. The Bertz CT molecular complexity index is 793. The third-order valence-electron chi connectivity index (χ3n) is 4.02. The number of carbonyl (C=O) groups excluding carboxylic acids is 1. The molecule has 3 aromatic carbocycles. The van der Waals surface area contributed by atoms with E-state index in [1.807, 2.05) is 72.5 Å². The van der Waals surface area contributed by atoms with Crippen molar-refractivity contribution in [2.24, 2.45) is 0 Å². The van der Waals surface area contributed by atoms with Crippen LogP contribution >= 0.6 is 6.89 Å². The van der Waals surface area contributed by atoms with Crippen molar-refractivity contribution in [2.75, 3.05) is 6.66 Å². The molecule has 3 aromatic rings. The molecule has 0 fully saturated rings. The minimum Gasteiger partial charge on any atom is -0.289 e. The van der Waals surface area contributed by atoms with Gasteiger partial charge in [-0.3, -0.25) is 4.79 Å². The lowest BCUT2D eigenvalue weighted by molar-refractivity contribution is 0.107. The van der Waals surface area contributed by atoms with Crippen LogP contribution in [0, 0.1) is 0 Å². The fourth-order valence-corrected chi connectivity index (χ4v) is 5.48. The highest BCUT2D eigenvalue weighted by atomic mass is 31.2. The number of hydrogen-bond acceptors (Lipinski definition) is 1. The van der Waals surface area contributed by atoms with Gasteiger partial charge in [0.05, 0.1) is 0 Å². The Labute approximate surface area is 137 Å². The smallest absolute Gasteiger partial charge is 0.186 e. The average Bonchev–Trinajstić information content (AvgIpc) is 2.64. The Morgan fingerprint density at radius 3 is 1.52 bits per heavy atom. The van der Waals surface area contributed by atoms with Crippen molar-refractivity contribution < 1.29 is 4.79 Å². The zero-order valence-electron chi connectivity index (χ0n) is 13.1. The fraction of sp³-hybridized carbons (Fsp3) is 0.0476. The second kappa shape index (κ2) is 6.81. The van der Waals surface area contributed by atoms with Crippen LogP contribution < -0.4 is 10.6 Å². The van der Waals surface area contributed by atoms with Crippen molar-refractivity contribution in [1.29, 1.82) is 0 Å². The van der Waals surface area contributed by atoms with E-state index in [2.05, 4.69) is 30.9 Å². The molecular formula is C21H19OP. The van der Waals surface area contributed by atoms with Crippen LogP contribution in [0.5, 0.6) is 0 Å². The molecule has 0 heterocycles. The minimum absolute atomic E-state index is 0.0918. The zero-order chi connectivity index (χ0) is 16.1. The van der Waals surface area contributed by atoms with Crippen LogP contribution in [0.3, 0.4) is 0 Å². The first-order valence-corrected chi connectivity index (χ1v) is 9.93. The highest BCUT2D eigenvalue weighted by Gasteiger charge is 2.18. The summed E-state index contributed by atoms with van der Waals surface area (Å²) in [4.78, 5) is 12.8. The lowest BCUT2D eigenvalue weighted by Gasteiger charge is -2.22. The number of carbonyl (C=O) groups is 1. The largest absolute Gasteiger partial charge is 0.289 e. The molecule has 0 saturated carbocycles. The van der Waals surface area contributed by atoms with Gasteiger partial charge in [-0.25, -0.2) is 0 Å². The van der Waals surface area contributed by atoms with Gasteiger partial charge in [-0.15, -0.1) is 0 Å². The summed E-state index contributed by atoms with van der Waals surface area (Å²) in [6.07, 6.45) is 0. The normalized spacial score (nSPS) is 11.0. The molecule has 114 valence electrons. The lowest BCUT2D eigenvalue weighted by Crippen LogP contribution is -2.19. The van der Waals surface area contributed by atoms with Crippen LogP contribution in [0.15, 0.2) is 91.0 Å². The third-order valence-corrected chi connectivity index (χ3v) is 7.51. The summed E-state index contributed by atoms with van der Waals surface area (Å²) in [5.74, 6) is 2.03. The lowest BCUT2D eigenvalue weighted by atomic mass is 10.2. The van der Waals surface area contributed by atoms with Crippen LogP contribution in [-0.2, 0) is 0 Å². The summed E-state index contributed by atoms with van der Waals surface area (Å²) in [6, 6.07) is 30.1. The van der Waals surface area contributed by atoms with Gasteiger partial charge in [-0.2, -0.15) is 0 Å². The summed E-state index contributed by atoms with van der Waals surface area (Å²) in [6.45, 7) is 0.337. The SMILES string of the molecule is CP(=CC(=O)c1ccccc1)(c1ccccc1)c1ccccc1. The molecule has 2 heteroatoms. The van der Waals surface area contributed by atoms with Gasteiger partial charge < -0.3 is 0 Å². The van der Waals surface area contributed by atoms with E-state index in [0.29, 0.717) is 0 Å². The molecule has 0 N–H and O–H groups in total. The Balaban J connectivity index is 2.17. The van der Waals surface area contributed by atoms with Crippen molar-refractivity contribution in [3.05, 3.63) is 96.6 Å². The van der Waals surface area contributed by atoms with E-state index in [1.165, 1.54) is 10.6 Å². The molecule has 1 nitrogen and oxygen atoms in total. The van der Waals surface area contributed by atoms with E-state index in [9.17, 15) is 4.79 Å². The van der Waals surface area contributed by atoms with Gasteiger partial charge in [0, 0.05) is 5.56 Å². The van der Waals surface area contributed by atoms with E-state index in [1.54, 1.807) is 0 Å². The van der Waals surface area contributed by atoms with Crippen LogP contribution in [-0.4, -0.2) is 18.2 Å². The van der Waals surface area contributed by atoms with Gasteiger partial charge in [0.2, 0.25) is 0 Å². The molecular weight excluding hydrogens is 299 g/mol. The first kappa shape index (κ1) is 15.5. The molecule has 0 aliphatic heterocycles. The van der Waals surface area contributed by atoms with Gasteiger partial charge >= 0.3 is 0 Å².